The first-order chi connectivity index (χ1) is 7.38. The first-order valence-electron chi connectivity index (χ1n) is 4.46. The Kier molecular flexibility index (Phi) is 2.85. The molecule has 0 unspecified atom stereocenters. The van der Waals surface area contributed by atoms with E-state index >= 15 is 0 Å². The Hall–Kier alpha value is -2.01. The number of anilines is 2. The quantitative estimate of drug-likeness (QED) is 0.780. The summed E-state index contributed by atoms with van der Waals surface area (Å²) in [4.78, 5) is 12.0. The third kappa shape index (κ3) is 2.47. The summed E-state index contributed by atoms with van der Waals surface area (Å²) < 4.78 is 0. The van der Waals surface area contributed by atoms with Gasteiger partial charge in [0.15, 0.2) is 0 Å². The summed E-state index contributed by atoms with van der Waals surface area (Å²) in [6.45, 7) is -0.0248. The minimum absolute atomic E-state index is 0.0248. The van der Waals surface area contributed by atoms with E-state index in [0.717, 1.165) is 11.3 Å². The molecule has 0 aliphatic heterocycles. The van der Waals surface area contributed by atoms with Gasteiger partial charge >= 0.3 is 0 Å². The van der Waals surface area contributed by atoms with Gasteiger partial charge in [-0.05, 0) is 11.6 Å². The van der Waals surface area contributed by atoms with E-state index < -0.39 is 0 Å². The molecule has 0 amide bonds. The van der Waals surface area contributed by atoms with Crippen molar-refractivity contribution >= 4 is 11.5 Å². The number of nitrogens with one attached hydrogen (secondary N) is 1. The van der Waals surface area contributed by atoms with Crippen molar-refractivity contribution in [1.29, 1.82) is 0 Å². The molecule has 0 aliphatic carbocycles. The number of aliphatic hydroxyl groups is 1. The molecular formula is C10H10N4O. The van der Waals surface area contributed by atoms with Gasteiger partial charge in [0.2, 0.25) is 0 Å². The molecule has 0 aliphatic rings. The van der Waals surface area contributed by atoms with E-state index in [4.69, 9.17) is 5.11 Å². The van der Waals surface area contributed by atoms with Crippen LogP contribution in [0.1, 0.15) is 5.56 Å². The highest BCUT2D eigenvalue weighted by Gasteiger charge is 1.97. The lowest BCUT2D eigenvalue weighted by molar-refractivity contribution is 0.281. The molecule has 76 valence electrons. The highest BCUT2D eigenvalue weighted by Crippen LogP contribution is 2.13. The van der Waals surface area contributed by atoms with E-state index in [0.29, 0.717) is 5.82 Å². The number of aromatic nitrogens is 3. The van der Waals surface area contributed by atoms with Gasteiger partial charge in [0, 0.05) is 18.6 Å². The number of nitrogens with zero attached hydrogens (tertiary/aromatic N) is 3. The highest BCUT2D eigenvalue weighted by molar-refractivity contribution is 5.54. The summed E-state index contributed by atoms with van der Waals surface area (Å²) in [6, 6.07) is 1.81. The van der Waals surface area contributed by atoms with Gasteiger partial charge in [-0.15, -0.1) is 0 Å². The lowest BCUT2D eigenvalue weighted by atomic mass is 10.3. The van der Waals surface area contributed by atoms with E-state index in [9.17, 15) is 0 Å². The summed E-state index contributed by atoms with van der Waals surface area (Å²) >= 11 is 0. The van der Waals surface area contributed by atoms with Crippen LogP contribution < -0.4 is 5.32 Å². The van der Waals surface area contributed by atoms with Gasteiger partial charge in [0.05, 0.1) is 24.7 Å². The Bertz CT molecular complexity index is 432. The lowest BCUT2D eigenvalue weighted by Crippen LogP contribution is -1.95. The normalized spacial score (nSPS) is 9.93. The Morgan fingerprint density at radius 3 is 2.80 bits per heavy atom. The third-order valence-electron chi connectivity index (χ3n) is 1.81. The summed E-state index contributed by atoms with van der Waals surface area (Å²) in [5.74, 6) is 0.648. The van der Waals surface area contributed by atoms with E-state index in [1.165, 1.54) is 0 Å². The topological polar surface area (TPSA) is 70.9 Å². The van der Waals surface area contributed by atoms with Crippen LogP contribution >= 0.6 is 0 Å². The number of hydrogen-bond donors (Lipinski definition) is 2. The third-order valence-corrected chi connectivity index (χ3v) is 1.81. The average molecular weight is 202 g/mol. The molecule has 2 aromatic heterocycles. The fraction of sp³-hybridized carbons (Fsp3) is 0.100. The fourth-order valence-electron chi connectivity index (χ4n) is 1.15. The molecule has 0 spiro atoms. The Labute approximate surface area is 86.9 Å². The predicted molar refractivity (Wildman–Crippen MR) is 55.5 cm³/mol. The molecule has 0 radical (unpaired) electrons. The van der Waals surface area contributed by atoms with Crippen molar-refractivity contribution in [2.75, 3.05) is 5.32 Å². The molecule has 0 fully saturated rings. The highest BCUT2D eigenvalue weighted by atomic mass is 16.3. The molecule has 2 rings (SSSR count). The summed E-state index contributed by atoms with van der Waals surface area (Å²) in [5.41, 5.74) is 1.53. The standard InChI is InChI=1S/C10H10N4O/c15-7-8-3-9(5-12-4-8)14-10-6-11-1-2-13-10/h1-6,15H,7H2,(H,13,14). The van der Waals surface area contributed by atoms with Crippen molar-refractivity contribution in [3.05, 3.63) is 42.6 Å². The molecule has 0 saturated carbocycles. The van der Waals surface area contributed by atoms with Crippen LogP contribution in [0.15, 0.2) is 37.1 Å². The van der Waals surface area contributed by atoms with Gasteiger partial charge in [-0.3, -0.25) is 9.97 Å². The second kappa shape index (κ2) is 4.47. The summed E-state index contributed by atoms with van der Waals surface area (Å²) in [6.07, 6.45) is 8.10. The van der Waals surface area contributed by atoms with Crippen molar-refractivity contribution in [3.63, 3.8) is 0 Å². The van der Waals surface area contributed by atoms with Gasteiger partial charge < -0.3 is 10.4 Å². The first kappa shape index (κ1) is 9.54. The molecule has 2 heterocycles. The monoisotopic (exact) mass is 202 g/mol. The van der Waals surface area contributed by atoms with Crippen LogP contribution in [0, 0.1) is 0 Å². The van der Waals surface area contributed by atoms with E-state index in [1.807, 2.05) is 6.07 Å². The van der Waals surface area contributed by atoms with Crippen LogP contribution in [0.3, 0.4) is 0 Å². The van der Waals surface area contributed by atoms with Crippen LogP contribution in [-0.4, -0.2) is 20.1 Å². The second-order valence-electron chi connectivity index (χ2n) is 2.96. The minimum atomic E-state index is -0.0248. The van der Waals surface area contributed by atoms with Crippen LogP contribution in [0.4, 0.5) is 11.5 Å². The summed E-state index contributed by atoms with van der Waals surface area (Å²) in [5, 5.41) is 12.0. The zero-order valence-electron chi connectivity index (χ0n) is 7.96. The average Bonchev–Trinajstić information content (AvgIpc) is 2.31. The predicted octanol–water partition coefficient (Wildman–Crippen LogP) is 1.11. The second-order valence-corrected chi connectivity index (χ2v) is 2.96. The van der Waals surface area contributed by atoms with E-state index in [2.05, 4.69) is 20.3 Å². The maximum atomic E-state index is 8.93. The Morgan fingerprint density at radius 2 is 2.07 bits per heavy atom. The lowest BCUT2D eigenvalue weighted by Gasteiger charge is -2.04. The van der Waals surface area contributed by atoms with Crippen molar-refractivity contribution in [2.24, 2.45) is 0 Å². The fourth-order valence-corrected chi connectivity index (χ4v) is 1.15. The smallest absolute Gasteiger partial charge is 0.148 e. The van der Waals surface area contributed by atoms with Gasteiger partial charge in [0.25, 0.3) is 0 Å². The maximum absolute atomic E-state index is 8.93. The molecule has 2 N–H and O–H groups in total. The summed E-state index contributed by atoms with van der Waals surface area (Å²) in [7, 11) is 0. The largest absolute Gasteiger partial charge is 0.392 e. The van der Waals surface area contributed by atoms with E-state index in [-0.39, 0.29) is 6.61 Å². The molecule has 0 atom stereocenters. The van der Waals surface area contributed by atoms with Crippen molar-refractivity contribution < 1.29 is 5.11 Å². The zero-order chi connectivity index (χ0) is 10.5. The van der Waals surface area contributed by atoms with Crippen LogP contribution in [0.5, 0.6) is 0 Å². The number of hydrogen-bond acceptors (Lipinski definition) is 5. The van der Waals surface area contributed by atoms with Gasteiger partial charge in [-0.1, -0.05) is 0 Å². The Morgan fingerprint density at radius 1 is 1.13 bits per heavy atom. The Balaban J connectivity index is 2.17. The van der Waals surface area contributed by atoms with Crippen molar-refractivity contribution in [2.45, 2.75) is 6.61 Å². The molecule has 2 aromatic rings. The molecule has 5 nitrogen and oxygen atoms in total. The first-order valence-corrected chi connectivity index (χ1v) is 4.46. The number of pyridine rings is 1. The zero-order valence-corrected chi connectivity index (χ0v) is 7.96. The molecular weight excluding hydrogens is 192 g/mol. The number of aliphatic hydroxyl groups excluding tert-OH is 1. The van der Waals surface area contributed by atoms with E-state index in [1.54, 1.807) is 31.0 Å². The minimum Gasteiger partial charge on any atom is -0.392 e. The van der Waals surface area contributed by atoms with Crippen LogP contribution in [0.25, 0.3) is 0 Å². The van der Waals surface area contributed by atoms with Crippen molar-refractivity contribution in [3.8, 4) is 0 Å². The van der Waals surface area contributed by atoms with Crippen LogP contribution in [0.2, 0.25) is 0 Å². The maximum Gasteiger partial charge on any atom is 0.148 e. The molecule has 15 heavy (non-hydrogen) atoms. The van der Waals surface area contributed by atoms with Gasteiger partial charge in [-0.25, -0.2) is 4.98 Å². The van der Waals surface area contributed by atoms with Crippen LogP contribution in [-0.2, 0) is 6.61 Å². The molecule has 0 aromatic carbocycles. The molecule has 5 heteroatoms. The SMILES string of the molecule is OCc1cncc(Nc2cnccn2)c1. The van der Waals surface area contributed by atoms with Gasteiger partial charge in [-0.2, -0.15) is 0 Å². The molecule has 0 bridgehead atoms. The van der Waals surface area contributed by atoms with Gasteiger partial charge in [0.1, 0.15) is 5.82 Å². The molecule has 0 saturated heterocycles. The number of rotatable bonds is 3. The van der Waals surface area contributed by atoms with Crippen molar-refractivity contribution in [1.82, 2.24) is 15.0 Å².